The summed E-state index contributed by atoms with van der Waals surface area (Å²) in [4.78, 5) is 22.1. The molecule has 0 rings (SSSR count). The molecule has 6 nitrogen and oxygen atoms in total. The largest absolute Gasteiger partial charge is 0.448 e. The van der Waals surface area contributed by atoms with E-state index < -0.39 is 17.0 Å². The van der Waals surface area contributed by atoms with Crippen LogP contribution in [0.15, 0.2) is 0 Å². The summed E-state index contributed by atoms with van der Waals surface area (Å²) in [5.74, 6) is -0.187. The van der Waals surface area contributed by atoms with Crippen molar-refractivity contribution in [3.8, 4) is 0 Å². The molecule has 0 atom stereocenters. The molecule has 6 heteroatoms. The third kappa shape index (κ3) is 4.06. The Labute approximate surface area is 95.7 Å². The van der Waals surface area contributed by atoms with E-state index in [0.717, 1.165) is 0 Å². The zero-order valence-corrected chi connectivity index (χ0v) is 10.3. The van der Waals surface area contributed by atoms with Crippen LogP contribution < -0.4 is 16.8 Å². The van der Waals surface area contributed by atoms with E-state index in [9.17, 15) is 9.59 Å². The maximum Gasteiger partial charge on any atom is 0.404 e. The highest BCUT2D eigenvalue weighted by Gasteiger charge is 2.40. The lowest BCUT2D eigenvalue weighted by molar-refractivity contribution is -0.132. The first-order valence-electron chi connectivity index (χ1n) is 5.08. The van der Waals surface area contributed by atoms with E-state index in [2.05, 4.69) is 10.1 Å². The van der Waals surface area contributed by atoms with Crippen LogP contribution in [0.3, 0.4) is 0 Å². The van der Waals surface area contributed by atoms with Crippen molar-refractivity contribution < 1.29 is 14.3 Å². The summed E-state index contributed by atoms with van der Waals surface area (Å²) in [6.07, 6.45) is -0.854. The number of hydrogen-bond donors (Lipinski definition) is 3. The van der Waals surface area contributed by atoms with Crippen LogP contribution >= 0.6 is 0 Å². The zero-order valence-electron chi connectivity index (χ0n) is 10.3. The number of carbonyl (C=O) groups is 2. The summed E-state index contributed by atoms with van der Waals surface area (Å²) in [6.45, 7) is 7.37. The van der Waals surface area contributed by atoms with Gasteiger partial charge in [-0.2, -0.15) is 0 Å². The fourth-order valence-electron chi connectivity index (χ4n) is 0.830. The highest BCUT2D eigenvalue weighted by Crippen LogP contribution is 2.28. The summed E-state index contributed by atoms with van der Waals surface area (Å²) in [5.41, 5.74) is 9.33. The zero-order chi connectivity index (χ0) is 13.0. The summed E-state index contributed by atoms with van der Waals surface area (Å²) in [5, 5.41) is 2.63. The predicted octanol–water partition coefficient (Wildman–Crippen LogP) is -0.0386. The van der Waals surface area contributed by atoms with Crippen molar-refractivity contribution in [3.63, 3.8) is 0 Å². The Balaban J connectivity index is 4.12. The molecular formula is C10H21N3O3. The lowest BCUT2D eigenvalue weighted by Crippen LogP contribution is -2.55. The maximum absolute atomic E-state index is 11.8. The van der Waals surface area contributed by atoms with Gasteiger partial charge >= 0.3 is 6.09 Å². The van der Waals surface area contributed by atoms with Gasteiger partial charge in [-0.3, -0.25) is 4.79 Å². The van der Waals surface area contributed by atoms with Crippen LogP contribution in [0.25, 0.3) is 0 Å². The molecule has 94 valence electrons. The van der Waals surface area contributed by atoms with Crippen molar-refractivity contribution in [2.24, 2.45) is 16.9 Å². The van der Waals surface area contributed by atoms with E-state index in [0.29, 0.717) is 0 Å². The Kier molecular flexibility index (Phi) is 4.74. The van der Waals surface area contributed by atoms with Crippen molar-refractivity contribution >= 4 is 12.0 Å². The van der Waals surface area contributed by atoms with E-state index in [1.54, 1.807) is 27.7 Å². The lowest BCUT2D eigenvalue weighted by Gasteiger charge is -2.36. The molecule has 0 heterocycles. The van der Waals surface area contributed by atoms with Gasteiger partial charge in [0.1, 0.15) is 6.61 Å². The fraction of sp³-hybridized carbons (Fsp3) is 0.800. The van der Waals surface area contributed by atoms with Crippen LogP contribution in [0.4, 0.5) is 4.79 Å². The highest BCUT2D eigenvalue weighted by atomic mass is 16.5. The van der Waals surface area contributed by atoms with E-state index in [4.69, 9.17) is 11.5 Å². The molecule has 2 amide bonds. The molecule has 0 unspecified atom stereocenters. The molecule has 0 saturated heterocycles. The van der Waals surface area contributed by atoms with Gasteiger partial charge in [0.2, 0.25) is 5.91 Å². The second-order valence-electron chi connectivity index (χ2n) is 4.77. The molecule has 5 N–H and O–H groups in total. The third-order valence-electron chi connectivity index (χ3n) is 2.81. The Morgan fingerprint density at radius 1 is 1.25 bits per heavy atom. The number of nitrogens with two attached hydrogens (primary N) is 2. The normalized spacial score (nSPS) is 12.1. The SMILES string of the molecule is CC(C)(N)C(C)(C)C(=O)NCCOC(N)=O. The minimum absolute atomic E-state index is 0.0577. The summed E-state index contributed by atoms with van der Waals surface area (Å²) < 4.78 is 4.48. The average Bonchev–Trinajstić information content (AvgIpc) is 2.09. The minimum Gasteiger partial charge on any atom is -0.448 e. The molecule has 0 spiro atoms. The van der Waals surface area contributed by atoms with Crippen LogP contribution in [0.1, 0.15) is 27.7 Å². The van der Waals surface area contributed by atoms with Gasteiger partial charge in [-0.05, 0) is 27.7 Å². The Hall–Kier alpha value is -1.30. The van der Waals surface area contributed by atoms with Gasteiger partial charge in [0.25, 0.3) is 0 Å². The third-order valence-corrected chi connectivity index (χ3v) is 2.81. The monoisotopic (exact) mass is 231 g/mol. The maximum atomic E-state index is 11.8. The number of ether oxygens (including phenoxy) is 1. The molecule has 0 fully saturated rings. The minimum atomic E-state index is -0.854. The second kappa shape index (κ2) is 5.16. The van der Waals surface area contributed by atoms with Gasteiger partial charge in [0, 0.05) is 5.54 Å². The molecule has 16 heavy (non-hydrogen) atoms. The molecule has 0 aromatic rings. The number of rotatable bonds is 5. The van der Waals surface area contributed by atoms with E-state index in [-0.39, 0.29) is 19.1 Å². The first kappa shape index (κ1) is 14.7. The van der Waals surface area contributed by atoms with Crippen molar-refractivity contribution in [1.82, 2.24) is 5.32 Å². The van der Waals surface area contributed by atoms with Crippen LogP contribution in [0, 0.1) is 5.41 Å². The Morgan fingerprint density at radius 3 is 2.12 bits per heavy atom. The van der Waals surface area contributed by atoms with Gasteiger partial charge in [-0.1, -0.05) is 0 Å². The van der Waals surface area contributed by atoms with Crippen molar-refractivity contribution in [1.29, 1.82) is 0 Å². The fourth-order valence-corrected chi connectivity index (χ4v) is 0.830. The lowest BCUT2D eigenvalue weighted by atomic mass is 9.74. The molecular weight excluding hydrogens is 210 g/mol. The number of nitrogens with one attached hydrogen (secondary N) is 1. The number of primary amides is 1. The second-order valence-corrected chi connectivity index (χ2v) is 4.77. The molecule has 0 aromatic heterocycles. The molecule has 0 aliphatic rings. The summed E-state index contributed by atoms with van der Waals surface area (Å²) >= 11 is 0. The average molecular weight is 231 g/mol. The first-order valence-corrected chi connectivity index (χ1v) is 5.08. The number of hydrogen-bond acceptors (Lipinski definition) is 4. The van der Waals surface area contributed by atoms with E-state index in [1.165, 1.54) is 0 Å². The standard InChI is InChI=1S/C10H21N3O3/c1-9(2,10(3,4)12)7(14)13-5-6-16-8(11)15/h5-6,12H2,1-4H3,(H2,11,15)(H,13,14). The smallest absolute Gasteiger partial charge is 0.404 e. The highest BCUT2D eigenvalue weighted by molar-refractivity contribution is 5.83. The van der Waals surface area contributed by atoms with Gasteiger partial charge in [-0.25, -0.2) is 4.79 Å². The van der Waals surface area contributed by atoms with Gasteiger partial charge in [0.15, 0.2) is 0 Å². The van der Waals surface area contributed by atoms with Gasteiger partial charge < -0.3 is 21.5 Å². The van der Waals surface area contributed by atoms with E-state index in [1.807, 2.05) is 0 Å². The molecule has 0 aliphatic heterocycles. The molecule has 0 bridgehead atoms. The first-order chi connectivity index (χ1) is 7.09. The Morgan fingerprint density at radius 2 is 1.75 bits per heavy atom. The van der Waals surface area contributed by atoms with Gasteiger partial charge in [-0.15, -0.1) is 0 Å². The quantitative estimate of drug-likeness (QED) is 0.577. The van der Waals surface area contributed by atoms with Crippen molar-refractivity contribution in [2.45, 2.75) is 33.2 Å². The topological polar surface area (TPSA) is 107 Å². The molecule has 0 aromatic carbocycles. The van der Waals surface area contributed by atoms with Gasteiger partial charge in [0.05, 0.1) is 12.0 Å². The summed E-state index contributed by atoms with van der Waals surface area (Å²) in [7, 11) is 0. The number of amides is 2. The van der Waals surface area contributed by atoms with Crippen LogP contribution in [-0.4, -0.2) is 30.7 Å². The molecule has 0 aliphatic carbocycles. The summed E-state index contributed by atoms with van der Waals surface area (Å²) in [6, 6.07) is 0. The molecule has 0 radical (unpaired) electrons. The molecule has 0 saturated carbocycles. The van der Waals surface area contributed by atoms with E-state index >= 15 is 0 Å². The van der Waals surface area contributed by atoms with Crippen LogP contribution in [0.2, 0.25) is 0 Å². The van der Waals surface area contributed by atoms with Crippen LogP contribution in [0.5, 0.6) is 0 Å². The number of carbonyl (C=O) groups excluding carboxylic acids is 2. The van der Waals surface area contributed by atoms with Crippen LogP contribution in [-0.2, 0) is 9.53 Å². The van der Waals surface area contributed by atoms with Crippen molar-refractivity contribution in [3.05, 3.63) is 0 Å². The predicted molar refractivity (Wildman–Crippen MR) is 60.6 cm³/mol. The van der Waals surface area contributed by atoms with Crippen molar-refractivity contribution in [2.75, 3.05) is 13.2 Å². The Bertz CT molecular complexity index is 269.